The number of allylic oxidation sites excluding steroid dienone is 2. The summed E-state index contributed by atoms with van der Waals surface area (Å²) in [6.07, 6.45) is 2.10. The molecule has 136 valence electrons. The number of aromatic nitrogens is 1. The molecule has 5 heteroatoms. The second-order valence-electron chi connectivity index (χ2n) is 7.26. The van der Waals surface area contributed by atoms with Crippen molar-refractivity contribution in [1.82, 2.24) is 4.48 Å². The molecule has 3 rings (SSSR count). The Morgan fingerprint density at radius 1 is 1.00 bits per heavy atom. The summed E-state index contributed by atoms with van der Waals surface area (Å²) in [4.78, 5) is 4.82. The average molecular weight is 414 g/mol. The maximum absolute atomic E-state index is 14.1. The molecule has 2 aromatic rings. The van der Waals surface area contributed by atoms with E-state index < -0.39 is 7.69 Å². The molecule has 0 spiro atoms. The fourth-order valence-electron chi connectivity index (χ4n) is 4.09. The summed E-state index contributed by atoms with van der Waals surface area (Å²) in [5, 5.41) is 0. The minimum absolute atomic E-state index is 0.957. The first-order valence-corrected chi connectivity index (χ1v) is 9.76. The predicted molar refractivity (Wildman–Crippen MR) is 115 cm³/mol. The summed E-state index contributed by atoms with van der Waals surface area (Å²) < 4.78 is 17.0. The molecule has 1 aliphatic heterocycles. The third-order valence-corrected chi connectivity index (χ3v) is 5.60. The van der Waals surface area contributed by atoms with Gasteiger partial charge < -0.3 is 8.79 Å². The number of hydrogen-bond donors (Lipinski definition) is 0. The Kier molecular flexibility index (Phi) is 5.11. The summed E-state index contributed by atoms with van der Waals surface area (Å²) in [6, 6.07) is 6.32. The zero-order valence-electron chi connectivity index (χ0n) is 16.5. The largest absolute Gasteiger partial charge is 0.498 e. The van der Waals surface area contributed by atoms with Gasteiger partial charge in [-0.2, -0.15) is 0 Å². The highest BCUT2D eigenvalue weighted by Crippen LogP contribution is 2.39. The fourth-order valence-corrected chi connectivity index (χ4v) is 4.77. The number of nitrogens with zero attached hydrogens (tertiary/aromatic N) is 2. The average Bonchev–Trinajstić information content (AvgIpc) is 3.00. The molecule has 0 unspecified atom stereocenters. The van der Waals surface area contributed by atoms with Crippen molar-refractivity contribution in [3.8, 4) is 0 Å². The topological polar surface area (TPSA) is 17.3 Å². The van der Waals surface area contributed by atoms with Crippen LogP contribution in [0.4, 0.5) is 4.32 Å². The van der Waals surface area contributed by atoms with E-state index in [9.17, 15) is 4.32 Å². The molecule has 26 heavy (non-hydrogen) atoms. The highest BCUT2D eigenvalue weighted by Gasteiger charge is 2.23. The molecule has 0 radical (unpaired) electrons. The highest BCUT2D eigenvalue weighted by molar-refractivity contribution is 9.10. The van der Waals surface area contributed by atoms with Crippen LogP contribution in [0, 0.1) is 27.7 Å². The lowest BCUT2D eigenvalue weighted by Gasteiger charge is -2.23. The Bertz CT molecular complexity index is 973. The third kappa shape index (κ3) is 3.13. The monoisotopic (exact) mass is 413 g/mol. The highest BCUT2D eigenvalue weighted by atomic mass is 79.9. The Labute approximate surface area is 164 Å². The lowest BCUT2D eigenvalue weighted by molar-refractivity contribution is 0.824. The normalized spacial score (nSPS) is 16.0. The molecule has 0 N–H and O–H groups in total. The van der Waals surface area contributed by atoms with Gasteiger partial charge in [0.25, 0.3) is 0 Å². The second kappa shape index (κ2) is 7.03. The lowest BCUT2D eigenvalue weighted by Crippen LogP contribution is -2.11. The minimum Gasteiger partial charge on any atom is -0.498 e. The third-order valence-electron chi connectivity index (χ3n) is 5.14. The summed E-state index contributed by atoms with van der Waals surface area (Å²) >= 11 is 3.59. The number of aliphatic imine (C=N–C) groups is 1. The van der Waals surface area contributed by atoms with Crippen LogP contribution in [0.5, 0.6) is 0 Å². The Balaban J connectivity index is 2.47. The quantitative estimate of drug-likeness (QED) is 0.592. The van der Waals surface area contributed by atoms with Crippen LogP contribution in [0.1, 0.15) is 47.5 Å². The van der Waals surface area contributed by atoms with Crippen molar-refractivity contribution < 1.29 is 4.32 Å². The molecule has 0 saturated heterocycles. The maximum atomic E-state index is 14.1. The van der Waals surface area contributed by atoms with E-state index >= 15 is 0 Å². The number of benzene rings is 1. The van der Waals surface area contributed by atoms with Gasteiger partial charge in [0.05, 0.1) is 5.70 Å². The van der Waals surface area contributed by atoms with Gasteiger partial charge in [-0.1, -0.05) is 15.9 Å². The van der Waals surface area contributed by atoms with Crippen LogP contribution in [0.15, 0.2) is 45.0 Å². The van der Waals surface area contributed by atoms with E-state index in [-0.39, 0.29) is 0 Å². The SMILES string of the molecule is CC1=CC(C)=N/C1=C(/c1c(C)cc(Br)cc1C)c1c(C)cc(C)n1[BH2-]F. The van der Waals surface area contributed by atoms with E-state index in [1.54, 1.807) is 0 Å². The summed E-state index contributed by atoms with van der Waals surface area (Å²) in [5.74, 6) is 0. The Hall–Kier alpha value is -1.88. The van der Waals surface area contributed by atoms with Crippen molar-refractivity contribution in [1.29, 1.82) is 0 Å². The van der Waals surface area contributed by atoms with Gasteiger partial charge >= 0.3 is 0 Å². The smallest absolute Gasteiger partial charge is 0.220 e. The first-order chi connectivity index (χ1) is 12.2. The summed E-state index contributed by atoms with van der Waals surface area (Å²) in [6.45, 7) is 12.4. The zero-order chi connectivity index (χ0) is 19.2. The minimum atomic E-state index is -1.74. The van der Waals surface area contributed by atoms with Crippen LogP contribution in [-0.2, 0) is 0 Å². The molecular formula is C21H24BBrFN2-. The van der Waals surface area contributed by atoms with Crippen molar-refractivity contribution in [3.63, 3.8) is 0 Å². The van der Waals surface area contributed by atoms with Gasteiger partial charge in [0.15, 0.2) is 0 Å². The molecule has 0 fully saturated rings. The van der Waals surface area contributed by atoms with E-state index in [0.29, 0.717) is 0 Å². The molecule has 0 saturated carbocycles. The van der Waals surface area contributed by atoms with Crippen LogP contribution in [0.2, 0.25) is 0 Å². The van der Waals surface area contributed by atoms with Gasteiger partial charge in [-0.3, -0.25) is 4.99 Å². The molecule has 0 aliphatic carbocycles. The van der Waals surface area contributed by atoms with Gasteiger partial charge in [-0.05, 0) is 99.3 Å². The van der Waals surface area contributed by atoms with Crippen molar-refractivity contribution in [3.05, 3.63) is 73.7 Å². The van der Waals surface area contributed by atoms with E-state index in [1.807, 2.05) is 18.3 Å². The first-order valence-electron chi connectivity index (χ1n) is 8.97. The van der Waals surface area contributed by atoms with E-state index in [0.717, 1.165) is 60.7 Å². The van der Waals surface area contributed by atoms with Gasteiger partial charge in [0.2, 0.25) is 7.69 Å². The Morgan fingerprint density at radius 2 is 1.62 bits per heavy atom. The Morgan fingerprint density at radius 3 is 2.12 bits per heavy atom. The summed E-state index contributed by atoms with van der Waals surface area (Å²) in [5.41, 5.74) is 10.6. The molecule has 0 atom stereocenters. The van der Waals surface area contributed by atoms with Crippen molar-refractivity contribution in [2.45, 2.75) is 41.5 Å². The predicted octanol–water partition coefficient (Wildman–Crippen LogP) is 5.48. The molecular weight excluding hydrogens is 390 g/mol. The van der Waals surface area contributed by atoms with Crippen LogP contribution in [0.25, 0.3) is 5.57 Å². The number of rotatable bonds is 3. The van der Waals surface area contributed by atoms with Gasteiger partial charge in [-0.15, -0.1) is 0 Å². The van der Waals surface area contributed by atoms with Crippen molar-refractivity contribution >= 4 is 34.9 Å². The molecule has 0 bridgehead atoms. The van der Waals surface area contributed by atoms with Crippen LogP contribution in [0.3, 0.4) is 0 Å². The van der Waals surface area contributed by atoms with E-state index in [4.69, 9.17) is 4.99 Å². The standard InChI is InChI=1S/C21H24BBrFN2/c1-11-9-17(23)10-12(2)18(11)19(20-13(3)7-15(5)25-20)21-14(4)8-16(6)26(21)22-24/h7-10H,22H2,1-6H3/q-1/b20-19-. The van der Waals surface area contributed by atoms with Crippen LogP contribution < -0.4 is 0 Å². The number of halogens is 2. The van der Waals surface area contributed by atoms with Gasteiger partial charge in [-0.25, -0.2) is 0 Å². The number of aryl methyl sites for hydroxylation is 4. The maximum Gasteiger partial charge on any atom is 0.220 e. The molecule has 1 aliphatic rings. The van der Waals surface area contributed by atoms with Crippen molar-refractivity contribution in [2.24, 2.45) is 4.99 Å². The fraction of sp³-hybridized carbons (Fsp3) is 0.286. The van der Waals surface area contributed by atoms with E-state index in [2.05, 4.69) is 67.9 Å². The first kappa shape index (κ1) is 18.9. The zero-order valence-corrected chi connectivity index (χ0v) is 18.0. The van der Waals surface area contributed by atoms with Gasteiger partial charge in [0, 0.05) is 21.5 Å². The summed E-state index contributed by atoms with van der Waals surface area (Å²) in [7, 11) is -1.74. The van der Waals surface area contributed by atoms with Crippen LogP contribution >= 0.6 is 15.9 Å². The molecule has 1 aromatic heterocycles. The molecule has 1 aromatic carbocycles. The second-order valence-corrected chi connectivity index (χ2v) is 8.18. The van der Waals surface area contributed by atoms with E-state index in [1.165, 1.54) is 0 Å². The molecule has 0 amide bonds. The molecule has 2 nitrogen and oxygen atoms in total. The lowest BCUT2D eigenvalue weighted by atomic mass is 9.89. The van der Waals surface area contributed by atoms with Gasteiger partial charge in [0.1, 0.15) is 0 Å². The van der Waals surface area contributed by atoms with Crippen LogP contribution in [-0.4, -0.2) is 17.9 Å². The number of hydrogen-bond acceptors (Lipinski definition) is 1. The van der Waals surface area contributed by atoms with Crippen molar-refractivity contribution in [2.75, 3.05) is 0 Å². The molecule has 2 heterocycles.